The highest BCUT2D eigenvalue weighted by atomic mass is 16.6. The predicted octanol–water partition coefficient (Wildman–Crippen LogP) is 3.01. The average molecular weight is 402 g/mol. The molecule has 4 rings (SSSR count). The molecule has 1 aliphatic rings. The summed E-state index contributed by atoms with van der Waals surface area (Å²) in [6, 6.07) is 14.2. The number of hydrogen-bond donors (Lipinski definition) is 1. The molecule has 0 unspecified atom stereocenters. The predicted molar refractivity (Wildman–Crippen MR) is 106 cm³/mol. The number of aromatic nitrogens is 2. The molecular weight excluding hydrogens is 388 g/mol. The highest BCUT2D eigenvalue weighted by Crippen LogP contribution is 2.43. The maximum absolute atomic E-state index is 12.9. The number of nitrogens with zero attached hydrogens (tertiary/aromatic N) is 4. The maximum Gasteiger partial charge on any atom is 0.302 e. The van der Waals surface area contributed by atoms with Gasteiger partial charge in [-0.3, -0.25) is 24.6 Å². The van der Waals surface area contributed by atoms with Gasteiger partial charge in [-0.2, -0.15) is 0 Å². The van der Waals surface area contributed by atoms with E-state index in [2.05, 4.69) is 9.97 Å². The van der Waals surface area contributed by atoms with Gasteiger partial charge in [-0.05, 0) is 12.1 Å². The van der Waals surface area contributed by atoms with Crippen LogP contribution in [0.1, 0.15) is 17.2 Å². The molecule has 1 aromatic heterocycles. The summed E-state index contributed by atoms with van der Waals surface area (Å²) in [5.41, 5.74) is -0.211. The first kappa shape index (κ1) is 18.9. The van der Waals surface area contributed by atoms with E-state index in [9.17, 15) is 24.8 Å². The van der Waals surface area contributed by atoms with Crippen LogP contribution in [-0.4, -0.2) is 31.7 Å². The van der Waals surface area contributed by atoms with E-state index in [1.165, 1.54) is 36.7 Å². The van der Waals surface area contributed by atoms with Crippen molar-refractivity contribution in [2.75, 3.05) is 4.90 Å². The number of benzene rings is 2. The van der Waals surface area contributed by atoms with E-state index in [4.69, 9.17) is 0 Å². The molecule has 1 N–H and O–H groups in total. The van der Waals surface area contributed by atoms with Crippen molar-refractivity contribution >= 4 is 29.1 Å². The molecule has 2 heterocycles. The number of aliphatic hydroxyl groups is 1. The summed E-state index contributed by atoms with van der Waals surface area (Å²) in [6.45, 7) is 0. The highest BCUT2D eigenvalue weighted by molar-refractivity contribution is 6.51. The third-order valence-electron chi connectivity index (χ3n) is 4.69. The van der Waals surface area contributed by atoms with E-state index >= 15 is 0 Å². The molecule has 9 heteroatoms. The van der Waals surface area contributed by atoms with Gasteiger partial charge in [0, 0.05) is 24.0 Å². The van der Waals surface area contributed by atoms with Gasteiger partial charge in [-0.1, -0.05) is 42.5 Å². The number of ketones is 1. The number of aliphatic hydroxyl groups excluding tert-OH is 1. The smallest absolute Gasteiger partial charge is 0.302 e. The van der Waals surface area contributed by atoms with Crippen molar-refractivity contribution in [1.29, 1.82) is 0 Å². The first-order valence-corrected chi connectivity index (χ1v) is 8.87. The Labute approximate surface area is 170 Å². The minimum atomic E-state index is -1.27. The standard InChI is InChI=1S/C21H14N4O5/c26-18(13-7-2-1-3-8-13)16-17(14-9-4-5-10-15(14)25(29)30)24(20(28)19(16)27)21-22-11-6-12-23-21/h1-12,17,26H/t17-/m0/s1. The fourth-order valence-electron chi connectivity index (χ4n) is 3.39. The zero-order valence-corrected chi connectivity index (χ0v) is 15.4. The zero-order valence-electron chi connectivity index (χ0n) is 15.4. The zero-order chi connectivity index (χ0) is 21.3. The molecule has 1 saturated heterocycles. The van der Waals surface area contributed by atoms with Crippen molar-refractivity contribution < 1.29 is 19.6 Å². The van der Waals surface area contributed by atoms with Crippen LogP contribution in [0.25, 0.3) is 5.76 Å². The van der Waals surface area contributed by atoms with Crippen LogP contribution in [0.15, 0.2) is 78.6 Å². The number of hydrogen-bond acceptors (Lipinski definition) is 7. The molecule has 1 atom stereocenters. The van der Waals surface area contributed by atoms with Crippen LogP contribution in [-0.2, 0) is 9.59 Å². The lowest BCUT2D eigenvalue weighted by molar-refractivity contribution is -0.385. The Bertz CT molecular complexity index is 1180. The number of nitro benzene ring substituents is 1. The Hall–Kier alpha value is -4.40. The van der Waals surface area contributed by atoms with Crippen LogP contribution in [0.4, 0.5) is 11.6 Å². The summed E-state index contributed by atoms with van der Waals surface area (Å²) in [7, 11) is 0. The van der Waals surface area contributed by atoms with Gasteiger partial charge in [0.15, 0.2) is 0 Å². The van der Waals surface area contributed by atoms with Crippen LogP contribution in [0.5, 0.6) is 0 Å². The summed E-state index contributed by atoms with van der Waals surface area (Å²) in [5.74, 6) is -2.50. The van der Waals surface area contributed by atoms with Crippen molar-refractivity contribution in [2.45, 2.75) is 6.04 Å². The van der Waals surface area contributed by atoms with Gasteiger partial charge in [-0.25, -0.2) is 9.97 Å². The van der Waals surface area contributed by atoms with Crippen LogP contribution < -0.4 is 4.90 Å². The number of carbonyl (C=O) groups is 2. The summed E-state index contributed by atoms with van der Waals surface area (Å²) in [6.07, 6.45) is 2.77. The Morgan fingerprint density at radius 3 is 2.27 bits per heavy atom. The topological polar surface area (TPSA) is 127 Å². The maximum atomic E-state index is 12.9. The van der Waals surface area contributed by atoms with E-state index in [0.717, 1.165) is 4.90 Å². The summed E-state index contributed by atoms with van der Waals surface area (Å²) < 4.78 is 0. The Morgan fingerprint density at radius 1 is 0.967 bits per heavy atom. The van der Waals surface area contributed by atoms with Gasteiger partial charge < -0.3 is 5.11 Å². The van der Waals surface area contributed by atoms with Crippen molar-refractivity contribution in [2.24, 2.45) is 0 Å². The minimum Gasteiger partial charge on any atom is -0.507 e. The Morgan fingerprint density at radius 2 is 1.60 bits per heavy atom. The van der Waals surface area contributed by atoms with Crippen LogP contribution in [0.3, 0.4) is 0 Å². The largest absolute Gasteiger partial charge is 0.507 e. The fourth-order valence-corrected chi connectivity index (χ4v) is 3.39. The van der Waals surface area contributed by atoms with Crippen molar-refractivity contribution in [1.82, 2.24) is 9.97 Å². The van der Waals surface area contributed by atoms with Gasteiger partial charge in [-0.15, -0.1) is 0 Å². The lowest BCUT2D eigenvalue weighted by Gasteiger charge is -2.23. The fraction of sp³-hybridized carbons (Fsp3) is 0.0476. The molecule has 0 bridgehead atoms. The van der Waals surface area contributed by atoms with E-state index in [1.807, 2.05) is 0 Å². The molecule has 9 nitrogen and oxygen atoms in total. The highest BCUT2D eigenvalue weighted by Gasteiger charge is 2.49. The second kappa shape index (κ2) is 7.55. The monoisotopic (exact) mass is 402 g/mol. The first-order chi connectivity index (χ1) is 14.5. The quantitative estimate of drug-likeness (QED) is 0.234. The molecule has 3 aromatic rings. The molecule has 0 radical (unpaired) electrons. The van der Waals surface area contributed by atoms with E-state index < -0.39 is 28.4 Å². The normalized spacial score (nSPS) is 17.9. The molecule has 0 saturated carbocycles. The van der Waals surface area contributed by atoms with Crippen molar-refractivity contribution in [3.05, 3.63) is 99.9 Å². The molecule has 2 aromatic carbocycles. The third kappa shape index (κ3) is 3.08. The van der Waals surface area contributed by atoms with Crippen LogP contribution in [0.2, 0.25) is 0 Å². The number of rotatable bonds is 4. The number of amides is 1. The lowest BCUT2D eigenvalue weighted by Crippen LogP contribution is -2.31. The molecule has 148 valence electrons. The molecule has 0 aliphatic carbocycles. The first-order valence-electron chi connectivity index (χ1n) is 8.87. The molecule has 0 spiro atoms. The number of nitro groups is 1. The number of Topliss-reactive ketones (excluding diaryl/α,β-unsaturated/α-hetero) is 1. The molecule has 1 amide bonds. The lowest BCUT2D eigenvalue weighted by atomic mass is 9.94. The number of anilines is 1. The van der Waals surface area contributed by atoms with Crippen LogP contribution in [0, 0.1) is 10.1 Å². The molecule has 30 heavy (non-hydrogen) atoms. The van der Waals surface area contributed by atoms with E-state index in [1.54, 1.807) is 36.4 Å². The van der Waals surface area contributed by atoms with Gasteiger partial charge in [0.05, 0.1) is 16.1 Å². The van der Waals surface area contributed by atoms with Gasteiger partial charge >= 0.3 is 5.91 Å². The van der Waals surface area contributed by atoms with Crippen LogP contribution >= 0.6 is 0 Å². The Balaban J connectivity index is 2.02. The Kier molecular flexibility index (Phi) is 4.77. The summed E-state index contributed by atoms with van der Waals surface area (Å²) in [5, 5.41) is 22.5. The summed E-state index contributed by atoms with van der Waals surface area (Å²) in [4.78, 5) is 45.9. The van der Waals surface area contributed by atoms with E-state index in [-0.39, 0.29) is 22.8 Å². The number of para-hydroxylation sites is 1. The van der Waals surface area contributed by atoms with E-state index in [0.29, 0.717) is 5.56 Å². The second-order valence-electron chi connectivity index (χ2n) is 6.40. The SMILES string of the molecule is O=C1C(=O)N(c2ncccn2)[C@@H](c2ccccc2[N+](=O)[O-])C1=C(O)c1ccccc1. The molecule has 1 aliphatic heterocycles. The van der Waals surface area contributed by atoms with Gasteiger partial charge in [0.25, 0.3) is 11.5 Å². The van der Waals surface area contributed by atoms with Gasteiger partial charge in [0.2, 0.25) is 5.95 Å². The van der Waals surface area contributed by atoms with Crippen molar-refractivity contribution in [3.63, 3.8) is 0 Å². The number of carbonyl (C=O) groups excluding carboxylic acids is 2. The molecule has 1 fully saturated rings. The molecular formula is C21H14N4O5. The average Bonchev–Trinajstić information content (AvgIpc) is 3.05. The second-order valence-corrected chi connectivity index (χ2v) is 6.40. The summed E-state index contributed by atoms with van der Waals surface area (Å²) >= 11 is 0. The minimum absolute atomic E-state index is 0.0617. The van der Waals surface area contributed by atoms with Gasteiger partial charge in [0.1, 0.15) is 11.8 Å². The van der Waals surface area contributed by atoms with Crippen molar-refractivity contribution in [3.8, 4) is 0 Å². The third-order valence-corrected chi connectivity index (χ3v) is 4.69.